The highest BCUT2D eigenvalue weighted by Crippen LogP contribution is 2.26. The second kappa shape index (κ2) is 8.32. The van der Waals surface area contributed by atoms with Crippen molar-refractivity contribution in [2.75, 3.05) is 13.2 Å². The summed E-state index contributed by atoms with van der Waals surface area (Å²) in [6.07, 6.45) is -12.6. The molecule has 0 radical (unpaired) electrons. The van der Waals surface area contributed by atoms with Gasteiger partial charge >= 0.3 is 0 Å². The molecule has 10 heteroatoms. The van der Waals surface area contributed by atoms with Crippen LogP contribution in [0.1, 0.15) is 13.8 Å². The zero-order chi connectivity index (χ0) is 18.0. The van der Waals surface area contributed by atoms with E-state index >= 15 is 0 Å². The van der Waals surface area contributed by atoms with E-state index in [1.165, 1.54) is 6.92 Å². The number of hydrogen-bond acceptors (Lipinski definition) is 10. The van der Waals surface area contributed by atoms with Crippen molar-refractivity contribution in [3.05, 3.63) is 0 Å². The SMILES string of the molecule is CCO[C@H]1[C@H](O)[C@@H](O)[C@H](O)O[C@@H]1CO[C@@H]1O[C@@H](C)[C@H](O)[C@@H](O)[C@H]1O. The molecule has 0 aliphatic carbocycles. The number of rotatable bonds is 5. The third-order valence-corrected chi connectivity index (χ3v) is 4.25. The van der Waals surface area contributed by atoms with Gasteiger partial charge in [-0.05, 0) is 13.8 Å². The van der Waals surface area contributed by atoms with Gasteiger partial charge in [0.25, 0.3) is 0 Å². The largest absolute Gasteiger partial charge is 0.388 e. The van der Waals surface area contributed by atoms with E-state index in [-0.39, 0.29) is 13.2 Å². The molecule has 24 heavy (non-hydrogen) atoms. The Balaban J connectivity index is 1.98. The van der Waals surface area contributed by atoms with Crippen LogP contribution in [-0.2, 0) is 18.9 Å². The van der Waals surface area contributed by atoms with Crippen molar-refractivity contribution >= 4 is 0 Å². The van der Waals surface area contributed by atoms with E-state index in [1.807, 2.05) is 0 Å². The lowest BCUT2D eigenvalue weighted by molar-refractivity contribution is -0.325. The summed E-state index contributed by atoms with van der Waals surface area (Å²) in [5.74, 6) is 0. The van der Waals surface area contributed by atoms with Gasteiger partial charge in [-0.25, -0.2) is 0 Å². The first-order valence-corrected chi connectivity index (χ1v) is 7.90. The Labute approximate surface area is 139 Å². The summed E-state index contributed by atoms with van der Waals surface area (Å²) >= 11 is 0. The highest BCUT2D eigenvalue weighted by molar-refractivity contribution is 4.91. The molecular weight excluding hydrogens is 328 g/mol. The summed E-state index contributed by atoms with van der Waals surface area (Å²) in [5, 5.41) is 58.5. The van der Waals surface area contributed by atoms with Gasteiger partial charge in [-0.2, -0.15) is 0 Å². The van der Waals surface area contributed by atoms with Crippen molar-refractivity contribution in [3.63, 3.8) is 0 Å². The van der Waals surface area contributed by atoms with E-state index in [0.717, 1.165) is 0 Å². The normalized spacial score (nSPS) is 50.0. The molecule has 2 fully saturated rings. The molecule has 6 N–H and O–H groups in total. The Bertz CT molecular complexity index is 396. The maximum absolute atomic E-state index is 9.99. The lowest BCUT2D eigenvalue weighted by atomic mass is 9.98. The van der Waals surface area contributed by atoms with E-state index in [1.54, 1.807) is 6.92 Å². The molecule has 2 aliphatic rings. The molecule has 0 saturated carbocycles. The van der Waals surface area contributed by atoms with Crippen LogP contribution in [0.4, 0.5) is 0 Å². The number of aliphatic hydroxyl groups is 6. The summed E-state index contributed by atoms with van der Waals surface area (Å²) in [6, 6.07) is 0. The minimum absolute atomic E-state index is 0.231. The Morgan fingerprint density at radius 3 is 2.08 bits per heavy atom. The average molecular weight is 354 g/mol. The summed E-state index contributed by atoms with van der Waals surface area (Å²) in [7, 11) is 0. The average Bonchev–Trinajstić information content (AvgIpc) is 2.56. The van der Waals surface area contributed by atoms with Gasteiger partial charge in [0.2, 0.25) is 0 Å². The van der Waals surface area contributed by atoms with E-state index in [9.17, 15) is 30.6 Å². The lowest BCUT2D eigenvalue weighted by Crippen LogP contribution is -2.61. The molecule has 2 saturated heterocycles. The third kappa shape index (κ3) is 4.05. The first kappa shape index (κ1) is 19.9. The topological polar surface area (TPSA) is 158 Å². The summed E-state index contributed by atoms with van der Waals surface area (Å²) in [4.78, 5) is 0. The van der Waals surface area contributed by atoms with Crippen LogP contribution >= 0.6 is 0 Å². The van der Waals surface area contributed by atoms with Crippen LogP contribution in [0, 0.1) is 0 Å². The van der Waals surface area contributed by atoms with Crippen LogP contribution in [-0.4, -0.2) is 105 Å². The van der Waals surface area contributed by atoms with Gasteiger partial charge in [-0.15, -0.1) is 0 Å². The van der Waals surface area contributed by atoms with Crippen LogP contribution in [0.5, 0.6) is 0 Å². The molecule has 2 heterocycles. The van der Waals surface area contributed by atoms with Crippen molar-refractivity contribution < 1.29 is 49.6 Å². The summed E-state index contributed by atoms with van der Waals surface area (Å²) in [6.45, 7) is 3.19. The molecule has 2 aliphatic heterocycles. The second-order valence-corrected chi connectivity index (χ2v) is 5.98. The molecule has 0 aromatic carbocycles. The fourth-order valence-corrected chi connectivity index (χ4v) is 2.79. The van der Waals surface area contributed by atoms with E-state index in [4.69, 9.17) is 18.9 Å². The van der Waals surface area contributed by atoms with Gasteiger partial charge in [-0.1, -0.05) is 0 Å². The smallest absolute Gasteiger partial charge is 0.186 e. The van der Waals surface area contributed by atoms with E-state index < -0.39 is 61.4 Å². The number of hydrogen-bond donors (Lipinski definition) is 6. The van der Waals surface area contributed by atoms with Gasteiger partial charge in [0, 0.05) is 6.61 Å². The van der Waals surface area contributed by atoms with Gasteiger partial charge in [0.1, 0.15) is 42.7 Å². The molecule has 10 atom stereocenters. The fraction of sp³-hybridized carbons (Fsp3) is 1.00. The monoisotopic (exact) mass is 354 g/mol. The fourth-order valence-electron chi connectivity index (χ4n) is 2.79. The third-order valence-electron chi connectivity index (χ3n) is 4.25. The predicted molar refractivity (Wildman–Crippen MR) is 76.6 cm³/mol. The minimum atomic E-state index is -1.62. The van der Waals surface area contributed by atoms with E-state index in [0.29, 0.717) is 0 Å². The Morgan fingerprint density at radius 1 is 0.792 bits per heavy atom. The zero-order valence-electron chi connectivity index (χ0n) is 13.5. The van der Waals surface area contributed by atoms with Crippen LogP contribution in [0.2, 0.25) is 0 Å². The molecule has 0 aromatic heterocycles. The lowest BCUT2D eigenvalue weighted by Gasteiger charge is -2.42. The summed E-state index contributed by atoms with van der Waals surface area (Å²) < 4.78 is 21.2. The van der Waals surface area contributed by atoms with E-state index in [2.05, 4.69) is 0 Å². The maximum Gasteiger partial charge on any atom is 0.186 e. The first-order chi connectivity index (χ1) is 11.3. The van der Waals surface area contributed by atoms with Crippen LogP contribution in [0.25, 0.3) is 0 Å². The van der Waals surface area contributed by atoms with Crippen molar-refractivity contribution in [2.45, 2.75) is 75.3 Å². The molecule has 142 valence electrons. The molecule has 0 spiro atoms. The maximum atomic E-state index is 9.99. The van der Waals surface area contributed by atoms with Crippen molar-refractivity contribution in [2.24, 2.45) is 0 Å². The predicted octanol–water partition coefficient (Wildman–Crippen LogP) is -3.33. The molecular formula is C14H26O10. The minimum Gasteiger partial charge on any atom is -0.388 e. The van der Waals surface area contributed by atoms with Crippen LogP contribution in [0.3, 0.4) is 0 Å². The highest BCUT2D eigenvalue weighted by atomic mass is 16.7. The van der Waals surface area contributed by atoms with Crippen LogP contribution in [0.15, 0.2) is 0 Å². The van der Waals surface area contributed by atoms with Gasteiger partial charge < -0.3 is 49.6 Å². The van der Waals surface area contributed by atoms with Gasteiger partial charge in [0.15, 0.2) is 12.6 Å². The molecule has 0 bridgehead atoms. The van der Waals surface area contributed by atoms with Crippen LogP contribution < -0.4 is 0 Å². The second-order valence-electron chi connectivity index (χ2n) is 5.98. The standard InChI is InChI=1S/C14H26O10/c1-3-21-12-6(24-13(20)10(18)9(12)17)4-22-14-11(19)8(16)7(15)5(2)23-14/h5-20H,3-4H2,1-2H3/t5-,6+,7-,8+,9+,10+,11+,12+,13+,14+/m0/s1. The van der Waals surface area contributed by atoms with Crippen molar-refractivity contribution in [1.82, 2.24) is 0 Å². The zero-order valence-corrected chi connectivity index (χ0v) is 13.5. The Morgan fingerprint density at radius 2 is 1.46 bits per heavy atom. The van der Waals surface area contributed by atoms with Gasteiger partial charge in [0.05, 0.1) is 12.7 Å². The summed E-state index contributed by atoms with van der Waals surface area (Å²) in [5.41, 5.74) is 0. The molecule has 0 aromatic rings. The van der Waals surface area contributed by atoms with Crippen molar-refractivity contribution in [3.8, 4) is 0 Å². The molecule has 2 rings (SSSR count). The number of aliphatic hydroxyl groups excluding tert-OH is 6. The number of ether oxygens (including phenoxy) is 4. The Kier molecular flexibility index (Phi) is 6.90. The van der Waals surface area contributed by atoms with Gasteiger partial charge in [-0.3, -0.25) is 0 Å². The molecule has 0 amide bonds. The Hall–Kier alpha value is -0.400. The molecule has 10 nitrogen and oxygen atoms in total. The van der Waals surface area contributed by atoms with Crippen molar-refractivity contribution in [1.29, 1.82) is 0 Å². The molecule has 0 unspecified atom stereocenters. The first-order valence-electron chi connectivity index (χ1n) is 7.90. The quantitative estimate of drug-likeness (QED) is 0.295. The highest BCUT2D eigenvalue weighted by Gasteiger charge is 2.46.